The van der Waals surface area contributed by atoms with E-state index in [0.717, 1.165) is 35.5 Å². The first-order chi connectivity index (χ1) is 16.1. The fraction of sp³-hybridized carbons (Fsp3) is 0.231. The van der Waals surface area contributed by atoms with Crippen molar-refractivity contribution in [2.75, 3.05) is 13.2 Å². The molecule has 0 spiro atoms. The predicted molar refractivity (Wildman–Crippen MR) is 130 cm³/mol. The molecule has 0 saturated carbocycles. The van der Waals surface area contributed by atoms with Crippen molar-refractivity contribution in [2.24, 2.45) is 5.10 Å². The second-order valence-corrected chi connectivity index (χ2v) is 7.68. The number of amides is 1. The average molecular weight is 467 g/mol. The van der Waals surface area contributed by atoms with Crippen molar-refractivity contribution in [1.82, 2.24) is 5.43 Å². The average Bonchev–Trinajstić information content (AvgIpc) is 2.84. The number of unbranched alkanes of at least 4 members (excludes halogenated alkanes) is 1. The molecule has 0 aliphatic carbocycles. The van der Waals surface area contributed by atoms with Crippen LogP contribution in [-0.4, -0.2) is 25.3 Å². The van der Waals surface area contributed by atoms with E-state index in [0.29, 0.717) is 24.0 Å². The molecule has 0 unspecified atom stereocenters. The maximum Gasteiger partial charge on any atom is 0.277 e. The first kappa shape index (κ1) is 24.1. The lowest BCUT2D eigenvalue weighted by Crippen LogP contribution is -2.24. The molecule has 0 aromatic heterocycles. The van der Waals surface area contributed by atoms with Crippen molar-refractivity contribution >= 4 is 23.7 Å². The first-order valence-electron chi connectivity index (χ1n) is 10.8. The van der Waals surface area contributed by atoms with E-state index in [9.17, 15) is 4.79 Å². The topological polar surface area (TPSA) is 69.2 Å². The van der Waals surface area contributed by atoms with Gasteiger partial charge in [0.05, 0.1) is 12.8 Å². The summed E-state index contributed by atoms with van der Waals surface area (Å²) >= 11 is 5.89. The molecule has 0 fully saturated rings. The minimum absolute atomic E-state index is 0.134. The van der Waals surface area contributed by atoms with Gasteiger partial charge in [0.25, 0.3) is 5.91 Å². The smallest absolute Gasteiger partial charge is 0.277 e. The van der Waals surface area contributed by atoms with Gasteiger partial charge in [-0.05, 0) is 78.2 Å². The van der Waals surface area contributed by atoms with Crippen molar-refractivity contribution < 1.29 is 19.0 Å². The highest BCUT2D eigenvalue weighted by atomic mass is 35.5. The van der Waals surface area contributed by atoms with Crippen LogP contribution in [-0.2, 0) is 11.4 Å². The minimum atomic E-state index is -0.350. The SMILES string of the molecule is CCCCOc1ccc(OCC(=O)N/N=C/c2ccc(OCc3ccc(Cl)cc3)cc2)cc1. The first-order valence-corrected chi connectivity index (χ1v) is 11.1. The second-order valence-electron chi connectivity index (χ2n) is 7.24. The fourth-order valence-electron chi connectivity index (χ4n) is 2.72. The Bertz CT molecular complexity index is 1020. The number of carbonyl (C=O) groups is 1. The zero-order valence-corrected chi connectivity index (χ0v) is 19.3. The summed E-state index contributed by atoms with van der Waals surface area (Å²) in [7, 11) is 0. The molecule has 3 aromatic rings. The summed E-state index contributed by atoms with van der Waals surface area (Å²) in [6, 6.07) is 22.1. The predicted octanol–water partition coefficient (Wildman–Crippen LogP) is 5.63. The van der Waals surface area contributed by atoms with E-state index in [1.165, 1.54) is 0 Å². The standard InChI is InChI=1S/C26H27ClN2O4/c1-2-3-16-31-23-12-14-25(15-13-23)33-19-26(30)29-28-17-20-6-10-24(11-7-20)32-18-21-4-8-22(27)9-5-21/h4-15,17H,2-3,16,18-19H2,1H3,(H,29,30)/b28-17+. The van der Waals surface area contributed by atoms with Gasteiger partial charge in [-0.3, -0.25) is 4.79 Å². The summed E-state index contributed by atoms with van der Waals surface area (Å²) in [5.74, 6) is 1.76. The molecule has 0 radical (unpaired) electrons. The third-order valence-corrected chi connectivity index (χ3v) is 4.81. The molecular formula is C26H27ClN2O4. The Balaban J connectivity index is 1.36. The van der Waals surface area contributed by atoms with Crippen LogP contribution in [0.1, 0.15) is 30.9 Å². The molecular weight excluding hydrogens is 440 g/mol. The van der Waals surface area contributed by atoms with Crippen LogP contribution in [0, 0.1) is 0 Å². The van der Waals surface area contributed by atoms with Gasteiger partial charge in [0, 0.05) is 5.02 Å². The van der Waals surface area contributed by atoms with Crippen LogP contribution in [0.15, 0.2) is 77.9 Å². The molecule has 33 heavy (non-hydrogen) atoms. The van der Waals surface area contributed by atoms with E-state index >= 15 is 0 Å². The zero-order chi connectivity index (χ0) is 23.3. The fourth-order valence-corrected chi connectivity index (χ4v) is 2.85. The van der Waals surface area contributed by atoms with Gasteiger partial charge in [-0.15, -0.1) is 0 Å². The molecule has 6 nitrogen and oxygen atoms in total. The van der Waals surface area contributed by atoms with E-state index in [1.54, 1.807) is 18.3 Å². The number of benzene rings is 3. The van der Waals surface area contributed by atoms with Crippen LogP contribution in [0.5, 0.6) is 17.2 Å². The zero-order valence-electron chi connectivity index (χ0n) is 18.5. The van der Waals surface area contributed by atoms with Crippen molar-refractivity contribution in [1.29, 1.82) is 0 Å². The van der Waals surface area contributed by atoms with Crippen molar-refractivity contribution in [3.8, 4) is 17.2 Å². The van der Waals surface area contributed by atoms with Crippen LogP contribution >= 0.6 is 11.6 Å². The summed E-state index contributed by atoms with van der Waals surface area (Å²) in [5.41, 5.74) is 4.31. The van der Waals surface area contributed by atoms with Crippen LogP contribution < -0.4 is 19.6 Å². The molecule has 1 amide bonds. The van der Waals surface area contributed by atoms with Crippen LogP contribution in [0.2, 0.25) is 5.02 Å². The molecule has 0 bridgehead atoms. The van der Waals surface area contributed by atoms with Gasteiger partial charge in [0.15, 0.2) is 6.61 Å². The maximum atomic E-state index is 11.9. The Kier molecular flexibility index (Phi) is 9.61. The normalized spacial score (nSPS) is 10.7. The quantitative estimate of drug-likeness (QED) is 0.213. The Morgan fingerprint density at radius 1 is 0.879 bits per heavy atom. The molecule has 3 aromatic carbocycles. The van der Waals surface area contributed by atoms with Gasteiger partial charge >= 0.3 is 0 Å². The number of rotatable bonds is 12. The van der Waals surface area contributed by atoms with Gasteiger partial charge in [0.2, 0.25) is 0 Å². The molecule has 0 aliphatic heterocycles. The van der Waals surface area contributed by atoms with E-state index in [-0.39, 0.29) is 12.5 Å². The Morgan fingerprint density at radius 2 is 1.48 bits per heavy atom. The highest BCUT2D eigenvalue weighted by molar-refractivity contribution is 6.30. The number of ether oxygens (including phenoxy) is 3. The highest BCUT2D eigenvalue weighted by Gasteiger charge is 2.02. The Labute approximate surface area is 199 Å². The molecule has 0 aliphatic rings. The lowest BCUT2D eigenvalue weighted by molar-refractivity contribution is -0.123. The number of nitrogens with one attached hydrogen (secondary N) is 1. The third-order valence-electron chi connectivity index (χ3n) is 4.56. The number of halogens is 1. The van der Waals surface area contributed by atoms with Crippen LogP contribution in [0.4, 0.5) is 0 Å². The summed E-state index contributed by atoms with van der Waals surface area (Å²) in [6.07, 6.45) is 3.66. The molecule has 172 valence electrons. The van der Waals surface area contributed by atoms with E-state index in [1.807, 2.05) is 60.7 Å². The molecule has 0 saturated heterocycles. The summed E-state index contributed by atoms with van der Waals surface area (Å²) in [6.45, 7) is 3.13. The molecule has 0 heterocycles. The van der Waals surface area contributed by atoms with Crippen molar-refractivity contribution in [3.05, 3.63) is 88.9 Å². The summed E-state index contributed by atoms with van der Waals surface area (Å²) in [5, 5.41) is 4.66. The molecule has 7 heteroatoms. The Hall–Kier alpha value is -3.51. The molecule has 3 rings (SSSR count). The van der Waals surface area contributed by atoms with Gasteiger partial charge in [0.1, 0.15) is 23.9 Å². The van der Waals surface area contributed by atoms with Gasteiger partial charge in [-0.25, -0.2) is 5.43 Å². The van der Waals surface area contributed by atoms with Crippen LogP contribution in [0.3, 0.4) is 0 Å². The number of hydrazone groups is 1. The lowest BCUT2D eigenvalue weighted by Gasteiger charge is -2.08. The third kappa shape index (κ3) is 8.86. The van der Waals surface area contributed by atoms with Crippen LogP contribution in [0.25, 0.3) is 0 Å². The second kappa shape index (κ2) is 13.1. The lowest BCUT2D eigenvalue weighted by atomic mass is 10.2. The molecule has 0 atom stereocenters. The summed E-state index contributed by atoms with van der Waals surface area (Å²) in [4.78, 5) is 11.9. The number of nitrogens with zero attached hydrogens (tertiary/aromatic N) is 1. The van der Waals surface area contributed by atoms with Crippen molar-refractivity contribution in [3.63, 3.8) is 0 Å². The largest absolute Gasteiger partial charge is 0.494 e. The van der Waals surface area contributed by atoms with E-state index in [4.69, 9.17) is 25.8 Å². The minimum Gasteiger partial charge on any atom is -0.494 e. The summed E-state index contributed by atoms with van der Waals surface area (Å²) < 4.78 is 16.8. The van der Waals surface area contributed by atoms with E-state index < -0.39 is 0 Å². The number of carbonyl (C=O) groups excluding carboxylic acids is 1. The van der Waals surface area contributed by atoms with Gasteiger partial charge in [-0.1, -0.05) is 37.1 Å². The monoisotopic (exact) mass is 466 g/mol. The molecule has 1 N–H and O–H groups in total. The van der Waals surface area contributed by atoms with E-state index in [2.05, 4.69) is 17.5 Å². The number of hydrogen-bond donors (Lipinski definition) is 1. The van der Waals surface area contributed by atoms with Gasteiger partial charge in [-0.2, -0.15) is 5.10 Å². The highest BCUT2D eigenvalue weighted by Crippen LogP contribution is 2.18. The maximum absolute atomic E-state index is 11.9. The Morgan fingerprint density at radius 3 is 2.15 bits per heavy atom. The van der Waals surface area contributed by atoms with Gasteiger partial charge < -0.3 is 14.2 Å². The number of hydrogen-bond acceptors (Lipinski definition) is 5. The van der Waals surface area contributed by atoms with Crippen molar-refractivity contribution in [2.45, 2.75) is 26.4 Å².